The first kappa shape index (κ1) is 15.9. The number of aliphatic hydroxyl groups is 2. The molecule has 0 saturated carbocycles. The lowest BCUT2D eigenvalue weighted by atomic mass is 9.92. The Morgan fingerprint density at radius 3 is 2.81 bits per heavy atom. The quantitative estimate of drug-likeness (QED) is 0.472. The van der Waals surface area contributed by atoms with Gasteiger partial charge in [-0.2, -0.15) is 0 Å². The van der Waals surface area contributed by atoms with Crippen molar-refractivity contribution < 1.29 is 19.7 Å². The smallest absolute Gasteiger partial charge is 0.330 e. The summed E-state index contributed by atoms with van der Waals surface area (Å²) in [5.41, 5.74) is 2.95. The number of hydrogen-bond acceptors (Lipinski definition) is 7. The molecule has 2 rings (SSSR count). The lowest BCUT2D eigenvalue weighted by molar-refractivity contribution is -0.132. The SMILES string of the molecule is CO[C@H]1[C@H](n2ccc(=O)[nH]c2=O)O[C@@](CO)(CCN)[C@H]1O. The predicted molar refractivity (Wildman–Crippen MR) is 71.7 cm³/mol. The molecular formula is C12H19N3O6. The Hall–Kier alpha value is -1.52. The Kier molecular flexibility index (Phi) is 4.59. The Morgan fingerprint density at radius 1 is 1.57 bits per heavy atom. The minimum absolute atomic E-state index is 0.182. The number of methoxy groups -OCH3 is 1. The van der Waals surface area contributed by atoms with E-state index in [1.807, 2.05) is 0 Å². The molecule has 1 aromatic heterocycles. The number of nitrogens with one attached hydrogen (secondary N) is 1. The maximum Gasteiger partial charge on any atom is 0.330 e. The van der Waals surface area contributed by atoms with E-state index in [0.717, 1.165) is 10.6 Å². The number of H-pyrrole nitrogens is 1. The molecule has 0 radical (unpaired) electrons. The van der Waals surface area contributed by atoms with Gasteiger partial charge in [0.2, 0.25) is 0 Å². The number of aliphatic hydroxyl groups excluding tert-OH is 2. The van der Waals surface area contributed by atoms with E-state index in [1.54, 1.807) is 0 Å². The van der Waals surface area contributed by atoms with Crippen LogP contribution in [0.25, 0.3) is 0 Å². The second kappa shape index (κ2) is 6.08. The summed E-state index contributed by atoms with van der Waals surface area (Å²) in [6.07, 6.45) is -1.58. The summed E-state index contributed by atoms with van der Waals surface area (Å²) in [6, 6.07) is 1.16. The second-order valence-corrected chi connectivity index (χ2v) is 4.93. The van der Waals surface area contributed by atoms with Crippen molar-refractivity contribution in [2.24, 2.45) is 5.73 Å². The molecule has 1 aromatic rings. The highest BCUT2D eigenvalue weighted by atomic mass is 16.6. The number of nitrogens with two attached hydrogens (primary N) is 1. The first-order chi connectivity index (χ1) is 9.99. The molecule has 9 heteroatoms. The Morgan fingerprint density at radius 2 is 2.29 bits per heavy atom. The zero-order chi connectivity index (χ0) is 15.6. The highest BCUT2D eigenvalue weighted by Crippen LogP contribution is 2.39. The number of aromatic nitrogens is 2. The highest BCUT2D eigenvalue weighted by molar-refractivity contribution is 5.02. The van der Waals surface area contributed by atoms with Crippen molar-refractivity contribution in [3.8, 4) is 0 Å². The summed E-state index contributed by atoms with van der Waals surface area (Å²) in [7, 11) is 1.36. The fourth-order valence-corrected chi connectivity index (χ4v) is 2.58. The lowest BCUT2D eigenvalue weighted by Crippen LogP contribution is -2.48. The van der Waals surface area contributed by atoms with E-state index in [9.17, 15) is 19.8 Å². The van der Waals surface area contributed by atoms with Gasteiger partial charge in [0.15, 0.2) is 6.23 Å². The zero-order valence-electron chi connectivity index (χ0n) is 11.6. The van der Waals surface area contributed by atoms with Crippen LogP contribution in [0.4, 0.5) is 0 Å². The monoisotopic (exact) mass is 301 g/mol. The number of nitrogens with zero attached hydrogens (tertiary/aromatic N) is 1. The standard InChI is InChI=1S/C12H19N3O6/c1-20-8-9(18)12(6-16,3-4-13)21-10(8)15-5-2-7(17)14-11(15)19/h2,5,8-10,16,18H,3-4,6,13H2,1H3,(H,14,17,19)/t8-,9+,10-,12-/m1/s1. The van der Waals surface area contributed by atoms with Gasteiger partial charge in [0.1, 0.15) is 17.8 Å². The first-order valence-corrected chi connectivity index (χ1v) is 6.50. The van der Waals surface area contributed by atoms with Gasteiger partial charge in [0, 0.05) is 19.4 Å². The summed E-state index contributed by atoms with van der Waals surface area (Å²) >= 11 is 0. The molecule has 0 unspecified atom stereocenters. The fourth-order valence-electron chi connectivity index (χ4n) is 2.58. The fraction of sp³-hybridized carbons (Fsp3) is 0.667. The maximum atomic E-state index is 11.9. The number of rotatable bonds is 5. The van der Waals surface area contributed by atoms with Gasteiger partial charge in [0.05, 0.1) is 6.61 Å². The molecule has 0 amide bonds. The topological polar surface area (TPSA) is 140 Å². The molecule has 2 heterocycles. The van der Waals surface area contributed by atoms with Crippen molar-refractivity contribution in [1.29, 1.82) is 0 Å². The van der Waals surface area contributed by atoms with Crippen LogP contribution in [0.1, 0.15) is 12.6 Å². The molecular weight excluding hydrogens is 282 g/mol. The molecule has 0 aliphatic carbocycles. The van der Waals surface area contributed by atoms with Crippen LogP contribution in [0.3, 0.4) is 0 Å². The lowest BCUT2D eigenvalue weighted by Gasteiger charge is -2.29. The third kappa shape index (κ3) is 2.65. The Balaban J connectivity index is 2.44. The maximum absolute atomic E-state index is 11.9. The zero-order valence-corrected chi connectivity index (χ0v) is 11.6. The molecule has 21 heavy (non-hydrogen) atoms. The second-order valence-electron chi connectivity index (χ2n) is 4.93. The van der Waals surface area contributed by atoms with Gasteiger partial charge in [-0.05, 0) is 13.0 Å². The average molecular weight is 301 g/mol. The van der Waals surface area contributed by atoms with E-state index in [2.05, 4.69) is 4.98 Å². The predicted octanol–water partition coefficient (Wildman–Crippen LogP) is -2.48. The molecule has 4 atom stereocenters. The van der Waals surface area contributed by atoms with E-state index in [-0.39, 0.29) is 13.0 Å². The molecule has 0 bridgehead atoms. The van der Waals surface area contributed by atoms with Crippen molar-refractivity contribution in [2.45, 2.75) is 30.5 Å². The van der Waals surface area contributed by atoms with Crippen LogP contribution in [0.5, 0.6) is 0 Å². The molecule has 0 spiro atoms. The van der Waals surface area contributed by atoms with E-state index in [1.165, 1.54) is 13.3 Å². The molecule has 5 N–H and O–H groups in total. The van der Waals surface area contributed by atoms with Crippen molar-refractivity contribution >= 4 is 0 Å². The van der Waals surface area contributed by atoms with E-state index in [0.29, 0.717) is 0 Å². The van der Waals surface area contributed by atoms with Gasteiger partial charge in [-0.15, -0.1) is 0 Å². The van der Waals surface area contributed by atoms with E-state index in [4.69, 9.17) is 15.2 Å². The number of hydrogen-bond donors (Lipinski definition) is 4. The third-order valence-electron chi connectivity index (χ3n) is 3.72. The minimum Gasteiger partial charge on any atom is -0.393 e. The first-order valence-electron chi connectivity index (χ1n) is 6.50. The van der Waals surface area contributed by atoms with Crippen LogP contribution in [-0.4, -0.2) is 57.8 Å². The summed E-state index contributed by atoms with van der Waals surface area (Å²) in [6.45, 7) is -0.291. The molecule has 0 aromatic carbocycles. The van der Waals surface area contributed by atoms with Crippen LogP contribution < -0.4 is 17.0 Å². The molecule has 1 aliphatic rings. The number of ether oxygens (including phenoxy) is 2. The van der Waals surface area contributed by atoms with Gasteiger partial charge < -0.3 is 25.4 Å². The van der Waals surface area contributed by atoms with Crippen LogP contribution >= 0.6 is 0 Å². The third-order valence-corrected chi connectivity index (χ3v) is 3.72. The molecule has 118 valence electrons. The normalized spacial score (nSPS) is 32.5. The van der Waals surface area contributed by atoms with Crippen molar-refractivity contribution in [1.82, 2.24) is 9.55 Å². The Bertz CT molecular complexity index is 599. The summed E-state index contributed by atoms with van der Waals surface area (Å²) in [4.78, 5) is 25.1. The molecule has 1 aliphatic heterocycles. The van der Waals surface area contributed by atoms with Gasteiger partial charge in [-0.3, -0.25) is 14.3 Å². The van der Waals surface area contributed by atoms with Crippen LogP contribution in [0.2, 0.25) is 0 Å². The highest BCUT2D eigenvalue weighted by Gasteiger charge is 2.55. The van der Waals surface area contributed by atoms with E-state index >= 15 is 0 Å². The summed E-state index contributed by atoms with van der Waals surface area (Å²) in [5.74, 6) is 0. The minimum atomic E-state index is -1.31. The molecule has 9 nitrogen and oxygen atoms in total. The molecule has 1 fully saturated rings. The van der Waals surface area contributed by atoms with Crippen molar-refractivity contribution in [3.63, 3.8) is 0 Å². The van der Waals surface area contributed by atoms with Crippen LogP contribution in [0, 0.1) is 0 Å². The van der Waals surface area contributed by atoms with E-state index < -0.39 is 41.9 Å². The molecule has 1 saturated heterocycles. The average Bonchev–Trinajstić information content (AvgIpc) is 2.72. The van der Waals surface area contributed by atoms with Gasteiger partial charge in [-0.1, -0.05) is 0 Å². The summed E-state index contributed by atoms with van der Waals surface area (Å²) < 4.78 is 12.0. The number of aromatic amines is 1. The van der Waals surface area contributed by atoms with Crippen LogP contribution in [0.15, 0.2) is 21.9 Å². The Labute approximate surface area is 119 Å². The van der Waals surface area contributed by atoms with Gasteiger partial charge in [-0.25, -0.2) is 4.79 Å². The van der Waals surface area contributed by atoms with Crippen LogP contribution in [-0.2, 0) is 9.47 Å². The van der Waals surface area contributed by atoms with Gasteiger partial charge >= 0.3 is 5.69 Å². The summed E-state index contributed by atoms with van der Waals surface area (Å²) in [5, 5.41) is 19.9. The van der Waals surface area contributed by atoms with Crippen molar-refractivity contribution in [3.05, 3.63) is 33.1 Å². The van der Waals surface area contributed by atoms with Crippen molar-refractivity contribution in [2.75, 3.05) is 20.3 Å². The van der Waals surface area contributed by atoms with Gasteiger partial charge in [0.25, 0.3) is 5.56 Å². The largest absolute Gasteiger partial charge is 0.393 e.